The Labute approximate surface area is 161 Å². The fraction of sp³-hybridized carbons (Fsp3) is 0.889. The second-order valence-electron chi connectivity index (χ2n) is 8.18. The van der Waals surface area contributed by atoms with Crippen molar-refractivity contribution in [3.05, 3.63) is 0 Å². The highest BCUT2D eigenvalue weighted by Crippen LogP contribution is 2.47. The van der Waals surface area contributed by atoms with Crippen LogP contribution in [0.25, 0.3) is 0 Å². The van der Waals surface area contributed by atoms with E-state index in [1.54, 1.807) is 0 Å². The topological polar surface area (TPSA) is 100 Å². The molecule has 4 aliphatic rings. The minimum absolute atomic E-state index is 0.0611. The van der Waals surface area contributed by atoms with Gasteiger partial charge in [-0.05, 0) is 26.2 Å². The van der Waals surface area contributed by atoms with Crippen LogP contribution in [0.3, 0.4) is 0 Å². The number of amides is 1. The Morgan fingerprint density at radius 2 is 1.89 bits per heavy atom. The van der Waals surface area contributed by atoms with E-state index in [9.17, 15) is 13.2 Å². The summed E-state index contributed by atoms with van der Waals surface area (Å²) in [5, 5.41) is 6.17. The maximum absolute atomic E-state index is 12.1. The standard InChI is InChI=1S/C18H30N4O4S/c1-2-19-18(22-9-13-14(10-22)16-4-3-15(13)26-16)20-7-5-17(23)21-12-6-8-27(24,25)11-12/h12-16H,2-11H2,1H3,(H,19,20)(H,21,23). The first-order valence-electron chi connectivity index (χ1n) is 10.1. The molecule has 2 bridgehead atoms. The van der Waals surface area contributed by atoms with Gasteiger partial charge in [0, 0.05) is 43.9 Å². The van der Waals surface area contributed by atoms with Gasteiger partial charge in [0.15, 0.2) is 15.8 Å². The summed E-state index contributed by atoms with van der Waals surface area (Å²) in [6.45, 7) is 5.20. The quantitative estimate of drug-likeness (QED) is 0.490. The molecule has 4 heterocycles. The second kappa shape index (κ2) is 7.58. The molecular weight excluding hydrogens is 368 g/mol. The number of carbonyl (C=O) groups excluding carboxylic acids is 1. The lowest BCUT2D eigenvalue weighted by Gasteiger charge is -2.23. The van der Waals surface area contributed by atoms with E-state index in [0.29, 0.717) is 37.0 Å². The van der Waals surface area contributed by atoms with E-state index in [1.165, 1.54) is 12.8 Å². The SMILES string of the molecule is CCNC(=NCCC(=O)NC1CCS(=O)(=O)C1)N1CC2C3CCC(O3)C2C1. The van der Waals surface area contributed by atoms with Crippen LogP contribution in [0, 0.1) is 11.8 Å². The highest BCUT2D eigenvalue weighted by molar-refractivity contribution is 7.91. The minimum atomic E-state index is -2.97. The van der Waals surface area contributed by atoms with Crippen molar-refractivity contribution < 1.29 is 17.9 Å². The molecule has 0 spiro atoms. The summed E-state index contributed by atoms with van der Waals surface area (Å²) >= 11 is 0. The van der Waals surface area contributed by atoms with Crippen LogP contribution < -0.4 is 10.6 Å². The van der Waals surface area contributed by atoms with Gasteiger partial charge in [-0.25, -0.2) is 8.42 Å². The van der Waals surface area contributed by atoms with Gasteiger partial charge in [0.1, 0.15) is 0 Å². The number of guanidine groups is 1. The molecule has 4 aliphatic heterocycles. The van der Waals surface area contributed by atoms with E-state index in [2.05, 4.69) is 20.5 Å². The number of nitrogens with one attached hydrogen (secondary N) is 2. The predicted octanol–water partition coefficient (Wildman–Crippen LogP) is -0.245. The molecule has 27 heavy (non-hydrogen) atoms. The fourth-order valence-corrected chi connectivity index (χ4v) is 6.70. The minimum Gasteiger partial charge on any atom is -0.374 e. The van der Waals surface area contributed by atoms with Crippen LogP contribution in [-0.4, -0.2) is 81.1 Å². The molecule has 8 nitrogen and oxygen atoms in total. The highest BCUT2D eigenvalue weighted by atomic mass is 32.2. The molecule has 152 valence electrons. The van der Waals surface area contributed by atoms with Crippen molar-refractivity contribution in [3.63, 3.8) is 0 Å². The van der Waals surface area contributed by atoms with Crippen LogP contribution in [0.4, 0.5) is 0 Å². The maximum atomic E-state index is 12.1. The number of sulfone groups is 1. The summed E-state index contributed by atoms with van der Waals surface area (Å²) in [4.78, 5) is 19.1. The van der Waals surface area contributed by atoms with Gasteiger partial charge in [0.25, 0.3) is 0 Å². The Hall–Kier alpha value is -1.35. The maximum Gasteiger partial charge on any atom is 0.222 e. The number of ether oxygens (including phenoxy) is 1. The molecule has 0 aromatic heterocycles. The van der Waals surface area contributed by atoms with Crippen molar-refractivity contribution in [1.29, 1.82) is 0 Å². The van der Waals surface area contributed by atoms with Gasteiger partial charge >= 0.3 is 0 Å². The molecule has 9 heteroatoms. The van der Waals surface area contributed by atoms with Gasteiger partial charge in [-0.2, -0.15) is 0 Å². The summed E-state index contributed by atoms with van der Waals surface area (Å²) in [5.41, 5.74) is 0. The van der Waals surface area contributed by atoms with Crippen molar-refractivity contribution in [2.75, 3.05) is 37.7 Å². The highest BCUT2D eigenvalue weighted by Gasteiger charge is 2.53. The number of hydrogen-bond acceptors (Lipinski definition) is 5. The largest absolute Gasteiger partial charge is 0.374 e. The van der Waals surface area contributed by atoms with Crippen molar-refractivity contribution in [1.82, 2.24) is 15.5 Å². The number of carbonyl (C=O) groups is 1. The third-order valence-electron chi connectivity index (χ3n) is 6.29. The smallest absolute Gasteiger partial charge is 0.222 e. The van der Waals surface area contributed by atoms with Crippen LogP contribution in [-0.2, 0) is 19.4 Å². The van der Waals surface area contributed by atoms with Crippen LogP contribution in [0.15, 0.2) is 4.99 Å². The van der Waals surface area contributed by atoms with Crippen molar-refractivity contribution in [2.45, 2.75) is 50.9 Å². The van der Waals surface area contributed by atoms with Crippen molar-refractivity contribution >= 4 is 21.7 Å². The van der Waals surface area contributed by atoms with Crippen LogP contribution in [0.1, 0.15) is 32.6 Å². The molecule has 4 saturated heterocycles. The van der Waals surface area contributed by atoms with Gasteiger partial charge in [-0.3, -0.25) is 9.79 Å². The zero-order valence-electron chi connectivity index (χ0n) is 15.9. The zero-order chi connectivity index (χ0) is 19.0. The molecule has 2 N–H and O–H groups in total. The molecule has 5 unspecified atom stereocenters. The third-order valence-corrected chi connectivity index (χ3v) is 8.05. The number of nitrogens with zero attached hydrogens (tertiary/aromatic N) is 2. The molecule has 4 fully saturated rings. The average molecular weight is 399 g/mol. The van der Waals surface area contributed by atoms with Crippen LogP contribution in [0.5, 0.6) is 0 Å². The first kappa shape index (κ1) is 19.0. The fourth-order valence-electron chi connectivity index (χ4n) is 5.03. The van der Waals surface area contributed by atoms with E-state index in [0.717, 1.165) is 25.6 Å². The van der Waals surface area contributed by atoms with Crippen molar-refractivity contribution in [3.8, 4) is 0 Å². The normalized spacial score (nSPS) is 36.9. The Balaban J connectivity index is 1.28. The zero-order valence-corrected chi connectivity index (χ0v) is 16.7. The van der Waals surface area contributed by atoms with Gasteiger partial charge < -0.3 is 20.3 Å². The van der Waals surface area contributed by atoms with E-state index in [4.69, 9.17) is 4.74 Å². The Morgan fingerprint density at radius 1 is 1.19 bits per heavy atom. The molecule has 0 aliphatic carbocycles. The lowest BCUT2D eigenvalue weighted by atomic mass is 9.82. The lowest BCUT2D eigenvalue weighted by Crippen LogP contribution is -2.41. The predicted molar refractivity (Wildman–Crippen MR) is 102 cm³/mol. The van der Waals surface area contributed by atoms with E-state index in [1.807, 2.05) is 6.92 Å². The van der Waals surface area contributed by atoms with E-state index < -0.39 is 9.84 Å². The molecule has 5 atom stereocenters. The number of likely N-dealkylation sites (tertiary alicyclic amines) is 1. The molecular formula is C18H30N4O4S. The van der Waals surface area contributed by atoms with E-state index >= 15 is 0 Å². The summed E-state index contributed by atoms with van der Waals surface area (Å²) < 4.78 is 29.0. The molecule has 4 rings (SSSR count). The van der Waals surface area contributed by atoms with Crippen LogP contribution >= 0.6 is 0 Å². The summed E-state index contributed by atoms with van der Waals surface area (Å²) in [6.07, 6.45) is 4.00. The van der Waals surface area contributed by atoms with Gasteiger partial charge in [-0.1, -0.05) is 0 Å². The summed E-state index contributed by atoms with van der Waals surface area (Å²) in [7, 11) is -2.97. The first-order valence-corrected chi connectivity index (χ1v) is 12.0. The van der Waals surface area contributed by atoms with Crippen LogP contribution in [0.2, 0.25) is 0 Å². The summed E-state index contributed by atoms with van der Waals surface area (Å²) in [6, 6.07) is -0.242. The van der Waals surface area contributed by atoms with Gasteiger partial charge in [0.05, 0.1) is 30.3 Å². The molecule has 1 amide bonds. The number of rotatable bonds is 5. The Morgan fingerprint density at radius 3 is 2.48 bits per heavy atom. The van der Waals surface area contributed by atoms with Gasteiger partial charge in [-0.15, -0.1) is 0 Å². The monoisotopic (exact) mass is 398 g/mol. The second-order valence-corrected chi connectivity index (χ2v) is 10.4. The van der Waals surface area contributed by atoms with Crippen molar-refractivity contribution in [2.24, 2.45) is 16.8 Å². The molecule has 0 radical (unpaired) electrons. The lowest BCUT2D eigenvalue weighted by molar-refractivity contribution is -0.121. The first-order chi connectivity index (χ1) is 12.9. The Bertz CT molecular complexity index is 692. The average Bonchev–Trinajstić information content (AvgIpc) is 3.35. The van der Waals surface area contributed by atoms with E-state index in [-0.39, 0.29) is 29.9 Å². The molecule has 0 aromatic rings. The summed E-state index contributed by atoms with van der Waals surface area (Å²) in [5.74, 6) is 2.21. The third kappa shape index (κ3) is 4.08. The molecule has 0 saturated carbocycles. The number of aliphatic imine (C=N–C) groups is 1. The molecule has 0 aromatic carbocycles. The van der Waals surface area contributed by atoms with Gasteiger partial charge in [0.2, 0.25) is 5.91 Å². The Kier molecular flexibility index (Phi) is 5.33. The number of fused-ring (bicyclic) bond motifs is 5. The number of hydrogen-bond donors (Lipinski definition) is 2.